The number of fused-ring (bicyclic) bond motifs is 1. The Labute approximate surface area is 114 Å². The quantitative estimate of drug-likeness (QED) is 0.857. The van der Waals surface area contributed by atoms with Crippen LogP contribution < -0.4 is 5.32 Å². The van der Waals surface area contributed by atoms with Crippen molar-refractivity contribution < 1.29 is 9.53 Å². The Kier molecular flexibility index (Phi) is 4.52. The molecule has 0 saturated heterocycles. The molecule has 0 spiro atoms. The van der Waals surface area contributed by atoms with Crippen LogP contribution in [0.15, 0.2) is 18.2 Å². The Morgan fingerprint density at radius 1 is 1.56 bits per heavy atom. The van der Waals surface area contributed by atoms with Crippen LogP contribution in [-0.4, -0.2) is 24.1 Å². The number of amides is 1. The number of carbonyl (C=O) groups is 1. The van der Waals surface area contributed by atoms with E-state index in [1.54, 1.807) is 6.07 Å². The molecule has 1 N–H and O–H groups in total. The maximum Gasteiger partial charge on any atom is 0.228 e. The molecule has 96 valence electrons. The van der Waals surface area contributed by atoms with Gasteiger partial charge in [0.2, 0.25) is 5.91 Å². The maximum atomic E-state index is 11.6. The van der Waals surface area contributed by atoms with E-state index in [0.29, 0.717) is 29.8 Å². The molecule has 0 bridgehead atoms. The van der Waals surface area contributed by atoms with Crippen LogP contribution in [0, 0.1) is 0 Å². The van der Waals surface area contributed by atoms with Gasteiger partial charge in [0.25, 0.3) is 0 Å². The molecule has 2 aromatic rings. The van der Waals surface area contributed by atoms with E-state index in [1.807, 2.05) is 19.1 Å². The first-order valence-corrected chi connectivity index (χ1v) is 6.82. The minimum absolute atomic E-state index is 0.0893. The number of halogens is 1. The van der Waals surface area contributed by atoms with Crippen molar-refractivity contribution in [3.05, 3.63) is 23.2 Å². The van der Waals surface area contributed by atoms with E-state index >= 15 is 0 Å². The van der Waals surface area contributed by atoms with E-state index in [1.165, 1.54) is 11.3 Å². The molecule has 2 rings (SSSR count). The lowest BCUT2D eigenvalue weighted by Crippen LogP contribution is -2.13. The topological polar surface area (TPSA) is 51.2 Å². The predicted molar refractivity (Wildman–Crippen MR) is 74.4 cm³/mol. The Balaban J connectivity index is 2.01. The van der Waals surface area contributed by atoms with E-state index in [-0.39, 0.29) is 5.91 Å². The standard InChI is InChI=1S/C12H13ClN2O2S/c1-2-17-6-5-11(16)15-12-14-9-4-3-8(13)7-10(9)18-12/h3-4,7H,2,5-6H2,1H3,(H,14,15,16). The molecule has 1 aromatic heterocycles. The fourth-order valence-electron chi connectivity index (χ4n) is 1.44. The highest BCUT2D eigenvalue weighted by molar-refractivity contribution is 7.22. The second-order valence-corrected chi connectivity index (χ2v) is 5.09. The van der Waals surface area contributed by atoms with Crippen molar-refractivity contribution in [1.29, 1.82) is 0 Å². The van der Waals surface area contributed by atoms with Gasteiger partial charge in [-0.1, -0.05) is 22.9 Å². The zero-order chi connectivity index (χ0) is 13.0. The number of nitrogens with zero attached hydrogens (tertiary/aromatic N) is 1. The summed E-state index contributed by atoms with van der Waals surface area (Å²) in [6.45, 7) is 2.95. The molecule has 1 heterocycles. The summed E-state index contributed by atoms with van der Waals surface area (Å²) in [5.41, 5.74) is 0.838. The van der Waals surface area contributed by atoms with Crippen LogP contribution >= 0.6 is 22.9 Å². The fourth-order valence-corrected chi connectivity index (χ4v) is 2.60. The molecule has 0 aliphatic carbocycles. The molecule has 0 aliphatic rings. The van der Waals surface area contributed by atoms with Gasteiger partial charge in [0.1, 0.15) is 0 Å². The van der Waals surface area contributed by atoms with Gasteiger partial charge in [0.05, 0.1) is 23.2 Å². The number of anilines is 1. The summed E-state index contributed by atoms with van der Waals surface area (Å²) in [6.07, 6.45) is 0.338. The van der Waals surface area contributed by atoms with Gasteiger partial charge in [0, 0.05) is 11.6 Å². The molecule has 0 fully saturated rings. The molecule has 1 amide bonds. The number of carbonyl (C=O) groups excluding carboxylic acids is 1. The zero-order valence-corrected chi connectivity index (χ0v) is 11.5. The van der Waals surface area contributed by atoms with Crippen LogP contribution in [0.2, 0.25) is 5.02 Å². The number of benzene rings is 1. The van der Waals surface area contributed by atoms with Gasteiger partial charge >= 0.3 is 0 Å². The van der Waals surface area contributed by atoms with Crippen molar-refractivity contribution >= 4 is 44.2 Å². The molecule has 6 heteroatoms. The lowest BCUT2D eigenvalue weighted by molar-refractivity contribution is -0.117. The van der Waals surface area contributed by atoms with E-state index in [4.69, 9.17) is 16.3 Å². The first-order valence-electron chi connectivity index (χ1n) is 5.62. The van der Waals surface area contributed by atoms with Crippen LogP contribution in [0.5, 0.6) is 0 Å². The van der Waals surface area contributed by atoms with Gasteiger partial charge < -0.3 is 10.1 Å². The third kappa shape index (κ3) is 3.41. The normalized spacial score (nSPS) is 10.8. The number of nitrogens with one attached hydrogen (secondary N) is 1. The summed E-state index contributed by atoms with van der Waals surface area (Å²) in [5, 5.41) is 4.01. The van der Waals surface area contributed by atoms with Crippen LogP contribution in [0.1, 0.15) is 13.3 Å². The molecule has 0 aliphatic heterocycles. The van der Waals surface area contributed by atoms with Crippen molar-refractivity contribution in [3.8, 4) is 0 Å². The maximum absolute atomic E-state index is 11.6. The van der Waals surface area contributed by atoms with Crippen LogP contribution in [0.3, 0.4) is 0 Å². The van der Waals surface area contributed by atoms with Gasteiger partial charge in [-0.15, -0.1) is 0 Å². The van der Waals surface area contributed by atoms with Gasteiger partial charge in [-0.25, -0.2) is 4.98 Å². The average molecular weight is 285 g/mol. The summed E-state index contributed by atoms with van der Waals surface area (Å²) in [5.74, 6) is -0.0893. The van der Waals surface area contributed by atoms with E-state index in [9.17, 15) is 4.79 Å². The SMILES string of the molecule is CCOCCC(=O)Nc1nc2ccc(Cl)cc2s1. The number of aromatic nitrogens is 1. The average Bonchev–Trinajstić information content (AvgIpc) is 2.70. The Hall–Kier alpha value is -1.17. The molecule has 0 atom stereocenters. The lowest BCUT2D eigenvalue weighted by Gasteiger charge is -2.01. The minimum Gasteiger partial charge on any atom is -0.381 e. The number of thiazole rings is 1. The fraction of sp³-hybridized carbons (Fsp3) is 0.333. The monoisotopic (exact) mass is 284 g/mol. The Morgan fingerprint density at radius 2 is 2.39 bits per heavy atom. The van der Waals surface area contributed by atoms with Crippen LogP contribution in [0.4, 0.5) is 5.13 Å². The summed E-state index contributed by atoms with van der Waals surface area (Å²) in [6, 6.07) is 5.46. The molecule has 18 heavy (non-hydrogen) atoms. The minimum atomic E-state index is -0.0893. The van der Waals surface area contributed by atoms with Crippen molar-refractivity contribution in [1.82, 2.24) is 4.98 Å². The molecule has 0 saturated carbocycles. The van der Waals surface area contributed by atoms with E-state index in [2.05, 4.69) is 10.3 Å². The molecule has 4 nitrogen and oxygen atoms in total. The smallest absolute Gasteiger partial charge is 0.228 e. The van der Waals surface area contributed by atoms with Gasteiger partial charge in [-0.3, -0.25) is 4.79 Å². The largest absolute Gasteiger partial charge is 0.381 e. The lowest BCUT2D eigenvalue weighted by atomic mass is 10.3. The van der Waals surface area contributed by atoms with Gasteiger partial charge in [-0.2, -0.15) is 0 Å². The highest BCUT2D eigenvalue weighted by atomic mass is 35.5. The predicted octanol–water partition coefficient (Wildman–Crippen LogP) is 3.31. The number of rotatable bonds is 5. The van der Waals surface area contributed by atoms with Crippen molar-refractivity contribution in [3.63, 3.8) is 0 Å². The molecular weight excluding hydrogens is 272 g/mol. The summed E-state index contributed by atoms with van der Waals surface area (Å²) < 4.78 is 6.08. The second-order valence-electron chi connectivity index (χ2n) is 3.63. The number of hydrogen-bond donors (Lipinski definition) is 1. The first-order chi connectivity index (χ1) is 8.69. The third-order valence-corrected chi connectivity index (χ3v) is 3.44. The van der Waals surface area contributed by atoms with E-state index < -0.39 is 0 Å². The van der Waals surface area contributed by atoms with E-state index in [0.717, 1.165) is 10.2 Å². The zero-order valence-electron chi connectivity index (χ0n) is 9.90. The highest BCUT2D eigenvalue weighted by Crippen LogP contribution is 2.28. The summed E-state index contributed by atoms with van der Waals surface area (Å²) in [4.78, 5) is 15.9. The van der Waals surface area contributed by atoms with Gasteiger partial charge in [-0.05, 0) is 25.1 Å². The summed E-state index contributed by atoms with van der Waals surface area (Å²) >= 11 is 7.30. The molecule has 0 unspecified atom stereocenters. The molecular formula is C12H13ClN2O2S. The Bertz CT molecular complexity index is 556. The van der Waals surface area contributed by atoms with Crippen molar-refractivity contribution in [2.75, 3.05) is 18.5 Å². The first kappa shape index (κ1) is 13.3. The second kappa shape index (κ2) is 6.13. The summed E-state index contributed by atoms with van der Waals surface area (Å²) in [7, 11) is 0. The van der Waals surface area contributed by atoms with Crippen LogP contribution in [0.25, 0.3) is 10.2 Å². The molecule has 0 radical (unpaired) electrons. The van der Waals surface area contributed by atoms with Crippen molar-refractivity contribution in [2.45, 2.75) is 13.3 Å². The number of hydrogen-bond acceptors (Lipinski definition) is 4. The Morgan fingerprint density at radius 3 is 3.17 bits per heavy atom. The van der Waals surface area contributed by atoms with Gasteiger partial charge in [0.15, 0.2) is 5.13 Å². The van der Waals surface area contributed by atoms with Crippen LogP contribution in [-0.2, 0) is 9.53 Å². The molecule has 1 aromatic carbocycles. The van der Waals surface area contributed by atoms with Crippen molar-refractivity contribution in [2.24, 2.45) is 0 Å². The third-order valence-electron chi connectivity index (χ3n) is 2.27. The highest BCUT2D eigenvalue weighted by Gasteiger charge is 2.07. The number of ether oxygens (including phenoxy) is 1.